The molecule has 0 unspecified atom stereocenters. The van der Waals surface area contributed by atoms with E-state index in [0.29, 0.717) is 11.1 Å². The van der Waals surface area contributed by atoms with Crippen LogP contribution in [-0.2, 0) is 0 Å². The van der Waals surface area contributed by atoms with E-state index >= 15 is 0 Å². The Morgan fingerprint density at radius 2 is 1.94 bits per heavy atom. The predicted octanol–water partition coefficient (Wildman–Crippen LogP) is 2.65. The summed E-state index contributed by atoms with van der Waals surface area (Å²) >= 11 is 0. The zero-order valence-corrected chi connectivity index (χ0v) is 9.24. The predicted molar refractivity (Wildman–Crippen MR) is 63.5 cm³/mol. The van der Waals surface area contributed by atoms with Gasteiger partial charge in [0.15, 0.2) is 0 Å². The highest BCUT2D eigenvalue weighted by atomic mass is 19.1. The highest BCUT2D eigenvalue weighted by molar-refractivity contribution is 5.75. The van der Waals surface area contributed by atoms with Crippen molar-refractivity contribution in [2.75, 3.05) is 5.73 Å². The largest absolute Gasteiger partial charge is 0.383 e. The van der Waals surface area contributed by atoms with Gasteiger partial charge in [-0.15, -0.1) is 0 Å². The van der Waals surface area contributed by atoms with Gasteiger partial charge in [-0.3, -0.25) is 0 Å². The molecule has 3 nitrogen and oxygen atoms in total. The Bertz CT molecular complexity index is 597. The Balaban J connectivity index is 2.66. The van der Waals surface area contributed by atoms with E-state index in [1.54, 1.807) is 25.1 Å². The number of halogens is 1. The van der Waals surface area contributed by atoms with Crippen LogP contribution in [0.2, 0.25) is 0 Å². The van der Waals surface area contributed by atoms with Crippen molar-refractivity contribution in [3.05, 3.63) is 47.4 Å². The number of rotatable bonds is 1. The minimum atomic E-state index is -0.314. The van der Waals surface area contributed by atoms with Crippen LogP contribution < -0.4 is 5.73 Å². The maximum atomic E-state index is 12.8. The zero-order chi connectivity index (χ0) is 12.4. The van der Waals surface area contributed by atoms with Gasteiger partial charge in [0.05, 0.1) is 0 Å². The first-order valence-corrected chi connectivity index (χ1v) is 5.05. The van der Waals surface area contributed by atoms with Crippen molar-refractivity contribution >= 4 is 5.82 Å². The smallest absolute Gasteiger partial charge is 0.142 e. The number of nitrogens with zero attached hydrogens (tertiary/aromatic N) is 2. The molecule has 0 aliphatic heterocycles. The van der Waals surface area contributed by atoms with Gasteiger partial charge in [0.25, 0.3) is 0 Å². The second-order valence-electron chi connectivity index (χ2n) is 3.69. The molecule has 0 fully saturated rings. The number of nitrogens with two attached hydrogens (primary N) is 1. The molecule has 2 N–H and O–H groups in total. The van der Waals surface area contributed by atoms with Crippen molar-refractivity contribution in [1.29, 1.82) is 5.26 Å². The third-order valence-corrected chi connectivity index (χ3v) is 2.44. The topological polar surface area (TPSA) is 62.7 Å². The summed E-state index contributed by atoms with van der Waals surface area (Å²) in [6, 6.07) is 9.72. The van der Waals surface area contributed by atoms with Crippen LogP contribution in [0.15, 0.2) is 30.3 Å². The summed E-state index contributed by atoms with van der Waals surface area (Å²) in [5, 5.41) is 9.06. The van der Waals surface area contributed by atoms with E-state index in [1.165, 1.54) is 12.1 Å². The second-order valence-corrected chi connectivity index (χ2v) is 3.69. The van der Waals surface area contributed by atoms with Crippen molar-refractivity contribution in [3.63, 3.8) is 0 Å². The molecule has 2 aromatic rings. The molecular weight excluding hydrogens is 217 g/mol. The van der Waals surface area contributed by atoms with Crippen molar-refractivity contribution in [3.8, 4) is 17.2 Å². The molecule has 0 aliphatic rings. The number of hydrogen-bond donors (Lipinski definition) is 1. The average molecular weight is 227 g/mol. The standard InChI is InChI=1S/C13H10FN3/c1-8-6-11(12(7-15)13(16)17-8)9-2-4-10(14)5-3-9/h2-6H,1H3,(H2,16,17). The molecule has 0 bridgehead atoms. The SMILES string of the molecule is Cc1cc(-c2ccc(F)cc2)c(C#N)c(N)n1. The summed E-state index contributed by atoms with van der Waals surface area (Å²) in [7, 11) is 0. The number of aromatic nitrogens is 1. The first-order valence-electron chi connectivity index (χ1n) is 5.05. The van der Waals surface area contributed by atoms with Gasteiger partial charge in [-0.25, -0.2) is 9.37 Å². The molecule has 84 valence electrons. The van der Waals surface area contributed by atoms with Crippen LogP contribution in [0, 0.1) is 24.1 Å². The molecule has 0 aliphatic carbocycles. The second kappa shape index (κ2) is 4.22. The maximum Gasteiger partial charge on any atom is 0.142 e. The van der Waals surface area contributed by atoms with Crippen LogP contribution in [0.1, 0.15) is 11.3 Å². The summed E-state index contributed by atoms with van der Waals surface area (Å²) in [6.45, 7) is 1.80. The Hall–Kier alpha value is -2.41. The molecule has 0 atom stereocenters. The first-order chi connectivity index (χ1) is 8.11. The van der Waals surface area contributed by atoms with Crippen LogP contribution >= 0.6 is 0 Å². The van der Waals surface area contributed by atoms with E-state index in [4.69, 9.17) is 11.0 Å². The fraction of sp³-hybridized carbons (Fsp3) is 0.0769. The zero-order valence-electron chi connectivity index (χ0n) is 9.24. The number of aryl methyl sites for hydroxylation is 1. The van der Waals surface area contributed by atoms with Gasteiger partial charge in [-0.05, 0) is 30.7 Å². The van der Waals surface area contributed by atoms with Crippen LogP contribution in [-0.4, -0.2) is 4.98 Å². The molecule has 2 rings (SSSR count). The van der Waals surface area contributed by atoms with E-state index < -0.39 is 0 Å². The first kappa shape index (κ1) is 11.1. The van der Waals surface area contributed by atoms with Gasteiger partial charge < -0.3 is 5.73 Å². The summed E-state index contributed by atoms with van der Waals surface area (Å²) in [5.74, 6) is -0.113. The minimum Gasteiger partial charge on any atom is -0.383 e. The number of anilines is 1. The van der Waals surface area contributed by atoms with Crippen molar-refractivity contribution in [1.82, 2.24) is 4.98 Å². The fourth-order valence-electron chi connectivity index (χ4n) is 1.67. The highest BCUT2D eigenvalue weighted by Gasteiger charge is 2.10. The lowest BCUT2D eigenvalue weighted by Crippen LogP contribution is -1.99. The van der Waals surface area contributed by atoms with Gasteiger partial charge >= 0.3 is 0 Å². The molecule has 0 saturated carbocycles. The summed E-state index contributed by atoms with van der Waals surface area (Å²) in [6.07, 6.45) is 0. The van der Waals surface area contributed by atoms with Crippen LogP contribution in [0.25, 0.3) is 11.1 Å². The maximum absolute atomic E-state index is 12.8. The average Bonchev–Trinajstić information content (AvgIpc) is 2.29. The Morgan fingerprint density at radius 1 is 1.29 bits per heavy atom. The minimum absolute atomic E-state index is 0.201. The molecule has 0 radical (unpaired) electrons. The molecule has 17 heavy (non-hydrogen) atoms. The monoisotopic (exact) mass is 227 g/mol. The number of hydrogen-bond acceptors (Lipinski definition) is 3. The number of nitriles is 1. The van der Waals surface area contributed by atoms with Gasteiger partial charge in [-0.1, -0.05) is 12.1 Å². The summed E-state index contributed by atoms with van der Waals surface area (Å²) < 4.78 is 12.8. The molecule has 4 heteroatoms. The van der Waals surface area contributed by atoms with Crippen LogP contribution in [0.5, 0.6) is 0 Å². The molecule has 1 aromatic heterocycles. The lowest BCUT2D eigenvalue weighted by atomic mass is 10.0. The van der Waals surface area contributed by atoms with E-state index in [9.17, 15) is 4.39 Å². The van der Waals surface area contributed by atoms with E-state index in [2.05, 4.69) is 4.98 Å². The van der Waals surface area contributed by atoms with Gasteiger partial charge in [0, 0.05) is 11.3 Å². The normalized spacial score (nSPS) is 9.94. The summed E-state index contributed by atoms with van der Waals surface area (Å²) in [4.78, 5) is 4.03. The highest BCUT2D eigenvalue weighted by Crippen LogP contribution is 2.27. The molecule has 0 amide bonds. The third kappa shape index (κ3) is 2.08. The lowest BCUT2D eigenvalue weighted by molar-refractivity contribution is 0.628. The third-order valence-electron chi connectivity index (χ3n) is 2.44. The number of benzene rings is 1. The Labute approximate surface area is 98.3 Å². The van der Waals surface area contributed by atoms with Gasteiger partial charge in [-0.2, -0.15) is 5.26 Å². The Morgan fingerprint density at radius 3 is 2.53 bits per heavy atom. The number of nitrogen functional groups attached to an aromatic ring is 1. The molecule has 1 heterocycles. The Kier molecular flexibility index (Phi) is 2.75. The molecule has 0 saturated heterocycles. The van der Waals surface area contributed by atoms with Crippen molar-refractivity contribution in [2.45, 2.75) is 6.92 Å². The number of pyridine rings is 1. The fourth-order valence-corrected chi connectivity index (χ4v) is 1.67. The summed E-state index contributed by atoms with van der Waals surface area (Å²) in [5.41, 5.74) is 8.17. The van der Waals surface area contributed by atoms with Crippen molar-refractivity contribution < 1.29 is 4.39 Å². The van der Waals surface area contributed by atoms with Crippen LogP contribution in [0.3, 0.4) is 0 Å². The van der Waals surface area contributed by atoms with Crippen LogP contribution in [0.4, 0.5) is 10.2 Å². The van der Waals surface area contributed by atoms with Crippen molar-refractivity contribution in [2.24, 2.45) is 0 Å². The molecule has 1 aromatic carbocycles. The van der Waals surface area contributed by atoms with Gasteiger partial charge in [0.1, 0.15) is 23.3 Å². The van der Waals surface area contributed by atoms with Gasteiger partial charge in [0.2, 0.25) is 0 Å². The van der Waals surface area contributed by atoms with E-state index in [0.717, 1.165) is 11.3 Å². The lowest BCUT2D eigenvalue weighted by Gasteiger charge is -2.07. The molecular formula is C13H10FN3. The quantitative estimate of drug-likeness (QED) is 0.814. The van der Waals surface area contributed by atoms with E-state index in [1.807, 2.05) is 6.07 Å². The van der Waals surface area contributed by atoms with E-state index in [-0.39, 0.29) is 11.6 Å². The molecule has 0 spiro atoms.